The van der Waals surface area contributed by atoms with Crippen molar-refractivity contribution >= 4 is 39.1 Å². The summed E-state index contributed by atoms with van der Waals surface area (Å²) < 4.78 is 6.18. The molecule has 1 heterocycles. The van der Waals surface area contributed by atoms with Gasteiger partial charge < -0.3 is 10.1 Å². The van der Waals surface area contributed by atoms with Gasteiger partial charge in [-0.15, -0.1) is 11.3 Å². The number of ether oxygens (including phenoxy) is 1. The normalized spacial score (nSPS) is 10.4. The molecule has 3 rings (SSSR count). The fourth-order valence-corrected chi connectivity index (χ4v) is 3.62. The van der Waals surface area contributed by atoms with E-state index < -0.39 is 5.91 Å². The van der Waals surface area contributed by atoms with E-state index in [-0.39, 0.29) is 19.0 Å². The second kappa shape index (κ2) is 9.62. The molecule has 0 saturated carbocycles. The number of rotatable bonds is 8. The van der Waals surface area contributed by atoms with E-state index in [9.17, 15) is 9.59 Å². The molecule has 0 fully saturated rings. The summed E-state index contributed by atoms with van der Waals surface area (Å²) in [5.41, 5.74) is 2.07. The third-order valence-electron chi connectivity index (χ3n) is 4.02. The average molecular weight is 393 g/mol. The molecule has 142 valence electrons. The number of esters is 1. The van der Waals surface area contributed by atoms with E-state index in [1.54, 1.807) is 35.6 Å². The van der Waals surface area contributed by atoms with Crippen LogP contribution in [-0.4, -0.2) is 23.5 Å². The van der Waals surface area contributed by atoms with Crippen molar-refractivity contribution in [1.82, 2.24) is 4.98 Å². The number of hydrogen-bond acceptors (Lipinski definition) is 6. The monoisotopic (exact) mass is 393 g/mol. The molecule has 0 saturated heterocycles. The van der Waals surface area contributed by atoms with E-state index in [1.807, 2.05) is 24.3 Å². The molecule has 6 nitrogen and oxygen atoms in total. The average Bonchev–Trinajstić information content (AvgIpc) is 3.13. The number of aromatic nitrogens is 1. The van der Waals surface area contributed by atoms with Crippen LogP contribution in [0.4, 0.5) is 5.69 Å². The van der Waals surface area contributed by atoms with Crippen LogP contribution >= 0.6 is 11.3 Å². The molecule has 7 heteroatoms. The largest absolute Gasteiger partial charge is 0.456 e. The predicted octanol–water partition coefficient (Wildman–Crippen LogP) is 4.06. The van der Waals surface area contributed by atoms with Gasteiger partial charge in [-0.05, 0) is 55.7 Å². The smallest absolute Gasteiger partial charge is 0.306 e. The maximum absolute atomic E-state index is 11.8. The number of anilines is 1. The van der Waals surface area contributed by atoms with Gasteiger partial charge in [-0.3, -0.25) is 9.59 Å². The summed E-state index contributed by atoms with van der Waals surface area (Å²) in [5, 5.41) is 12.4. The van der Waals surface area contributed by atoms with Gasteiger partial charge >= 0.3 is 5.97 Å². The van der Waals surface area contributed by atoms with Crippen molar-refractivity contribution in [3.63, 3.8) is 0 Å². The molecule has 2 aromatic carbocycles. The molecular formula is C21H19N3O3S. The summed E-state index contributed by atoms with van der Waals surface area (Å²) >= 11 is 1.68. The topological polar surface area (TPSA) is 92.1 Å². The van der Waals surface area contributed by atoms with Gasteiger partial charge in [0.05, 0.1) is 26.9 Å². The number of aryl methyl sites for hydroxylation is 1. The highest BCUT2D eigenvalue weighted by Crippen LogP contribution is 2.22. The van der Waals surface area contributed by atoms with Crippen LogP contribution < -0.4 is 5.32 Å². The SMILES string of the molecule is N#Cc1ccc(NC(=O)COC(=O)CCCCc2nc3ccccc3s2)cc1. The zero-order valence-corrected chi connectivity index (χ0v) is 16.0. The lowest BCUT2D eigenvalue weighted by Crippen LogP contribution is -2.20. The highest BCUT2D eigenvalue weighted by atomic mass is 32.1. The molecule has 0 spiro atoms. The van der Waals surface area contributed by atoms with Crippen LogP contribution in [0, 0.1) is 11.3 Å². The van der Waals surface area contributed by atoms with Crippen molar-refractivity contribution in [2.45, 2.75) is 25.7 Å². The first-order valence-electron chi connectivity index (χ1n) is 8.94. The number of hydrogen-bond donors (Lipinski definition) is 1. The van der Waals surface area contributed by atoms with E-state index in [0.29, 0.717) is 17.7 Å². The predicted molar refractivity (Wildman–Crippen MR) is 108 cm³/mol. The fourth-order valence-electron chi connectivity index (χ4n) is 2.62. The molecule has 3 aromatic rings. The number of fused-ring (bicyclic) bond motifs is 1. The van der Waals surface area contributed by atoms with Gasteiger partial charge in [0.15, 0.2) is 6.61 Å². The van der Waals surface area contributed by atoms with Crippen LogP contribution in [0.5, 0.6) is 0 Å². The Morgan fingerprint density at radius 1 is 1.11 bits per heavy atom. The van der Waals surface area contributed by atoms with Crippen molar-refractivity contribution in [2.75, 3.05) is 11.9 Å². The number of para-hydroxylation sites is 1. The van der Waals surface area contributed by atoms with Crippen LogP contribution in [-0.2, 0) is 20.7 Å². The number of carbonyl (C=O) groups is 2. The van der Waals surface area contributed by atoms with E-state index in [0.717, 1.165) is 23.4 Å². The van der Waals surface area contributed by atoms with E-state index in [1.165, 1.54) is 4.70 Å². The van der Waals surface area contributed by atoms with Crippen molar-refractivity contribution in [1.29, 1.82) is 5.26 Å². The molecule has 0 bridgehead atoms. The van der Waals surface area contributed by atoms with Crippen molar-refractivity contribution < 1.29 is 14.3 Å². The zero-order chi connectivity index (χ0) is 19.8. The maximum Gasteiger partial charge on any atom is 0.306 e. The first-order chi connectivity index (χ1) is 13.6. The summed E-state index contributed by atoms with van der Waals surface area (Å²) in [5.74, 6) is -0.799. The van der Waals surface area contributed by atoms with E-state index >= 15 is 0 Å². The molecule has 1 N–H and O–H groups in total. The Kier molecular flexibility index (Phi) is 6.71. The molecule has 1 amide bonds. The highest BCUT2D eigenvalue weighted by Gasteiger charge is 2.09. The van der Waals surface area contributed by atoms with Gasteiger partial charge in [0, 0.05) is 12.1 Å². The number of unbranched alkanes of at least 4 members (excludes halogenated alkanes) is 1. The summed E-state index contributed by atoms with van der Waals surface area (Å²) in [6.45, 7) is -0.323. The van der Waals surface area contributed by atoms with Crippen LogP contribution in [0.1, 0.15) is 29.8 Å². The van der Waals surface area contributed by atoms with Crippen LogP contribution in [0.15, 0.2) is 48.5 Å². The second-order valence-corrected chi connectivity index (χ2v) is 7.30. The van der Waals surface area contributed by atoms with Gasteiger partial charge in [0.25, 0.3) is 5.91 Å². The number of benzene rings is 2. The molecule has 0 radical (unpaired) electrons. The minimum absolute atomic E-state index is 0.273. The number of nitriles is 1. The first-order valence-corrected chi connectivity index (χ1v) is 9.76. The molecule has 0 atom stereocenters. The molecule has 0 aliphatic carbocycles. The maximum atomic E-state index is 11.8. The molecule has 1 aromatic heterocycles. The lowest BCUT2D eigenvalue weighted by Gasteiger charge is -2.06. The van der Waals surface area contributed by atoms with Gasteiger partial charge in [-0.25, -0.2) is 4.98 Å². The lowest BCUT2D eigenvalue weighted by molar-refractivity contribution is -0.147. The molecular weight excluding hydrogens is 374 g/mol. The summed E-state index contributed by atoms with van der Waals surface area (Å²) in [6.07, 6.45) is 2.62. The number of nitrogens with one attached hydrogen (secondary N) is 1. The number of thiazole rings is 1. The van der Waals surface area contributed by atoms with Gasteiger partial charge in [0.2, 0.25) is 0 Å². The number of carbonyl (C=O) groups excluding carboxylic acids is 2. The van der Waals surface area contributed by atoms with Crippen LogP contribution in [0.2, 0.25) is 0 Å². The Morgan fingerprint density at radius 2 is 1.89 bits per heavy atom. The Labute approximate surface area is 166 Å². The Morgan fingerprint density at radius 3 is 2.64 bits per heavy atom. The van der Waals surface area contributed by atoms with E-state index in [4.69, 9.17) is 10.00 Å². The van der Waals surface area contributed by atoms with Gasteiger partial charge in [-0.2, -0.15) is 5.26 Å². The van der Waals surface area contributed by atoms with E-state index in [2.05, 4.69) is 16.4 Å². The number of amides is 1. The van der Waals surface area contributed by atoms with Gasteiger partial charge in [-0.1, -0.05) is 12.1 Å². The third-order valence-corrected chi connectivity index (χ3v) is 5.12. The second-order valence-electron chi connectivity index (χ2n) is 6.18. The Hall–Kier alpha value is -3.24. The standard InChI is InChI=1S/C21H19N3O3S/c22-13-15-9-11-16(12-10-15)23-19(25)14-27-21(26)8-4-3-7-20-24-17-5-1-2-6-18(17)28-20/h1-2,5-6,9-12H,3-4,7-8,14H2,(H,23,25). The van der Waals surface area contributed by atoms with Gasteiger partial charge in [0.1, 0.15) is 0 Å². The molecule has 28 heavy (non-hydrogen) atoms. The zero-order valence-electron chi connectivity index (χ0n) is 15.2. The molecule has 0 aliphatic heterocycles. The summed E-state index contributed by atoms with van der Waals surface area (Å²) in [6, 6.07) is 16.5. The van der Waals surface area contributed by atoms with Crippen molar-refractivity contribution in [2.24, 2.45) is 0 Å². The van der Waals surface area contributed by atoms with Crippen LogP contribution in [0.25, 0.3) is 10.2 Å². The minimum atomic E-state index is -0.410. The number of nitrogens with zero attached hydrogens (tertiary/aromatic N) is 2. The minimum Gasteiger partial charge on any atom is -0.456 e. The first kappa shape index (κ1) is 19.5. The fraction of sp³-hybridized carbons (Fsp3) is 0.238. The Bertz CT molecular complexity index is 973. The lowest BCUT2D eigenvalue weighted by atomic mass is 10.2. The molecule has 0 unspecified atom stereocenters. The Balaban J connectivity index is 1.32. The highest BCUT2D eigenvalue weighted by molar-refractivity contribution is 7.18. The van der Waals surface area contributed by atoms with Crippen LogP contribution in [0.3, 0.4) is 0 Å². The molecule has 0 aliphatic rings. The third kappa shape index (κ3) is 5.63. The van der Waals surface area contributed by atoms with Crippen molar-refractivity contribution in [3.05, 3.63) is 59.1 Å². The summed E-state index contributed by atoms with van der Waals surface area (Å²) in [7, 11) is 0. The summed E-state index contributed by atoms with van der Waals surface area (Å²) in [4.78, 5) is 28.2. The van der Waals surface area contributed by atoms with Crippen molar-refractivity contribution in [3.8, 4) is 6.07 Å². The quantitative estimate of drug-likeness (QED) is 0.460.